The highest BCUT2D eigenvalue weighted by molar-refractivity contribution is 6.66. The Hall–Kier alpha value is -3.14. The molecule has 174 valence electrons. The second-order valence-electron chi connectivity index (χ2n) is 7.83. The van der Waals surface area contributed by atoms with E-state index in [4.69, 9.17) is 16.1 Å². The molecule has 0 aliphatic carbocycles. The van der Waals surface area contributed by atoms with Crippen molar-refractivity contribution in [2.45, 2.75) is 58.5 Å². The summed E-state index contributed by atoms with van der Waals surface area (Å²) in [6, 6.07) is 3.30. The van der Waals surface area contributed by atoms with Gasteiger partial charge >= 0.3 is 5.69 Å². The SMILES string of the molecule is CCCCn1c2c(c(=O)n(CCCc3nc(Cc4ccc(F)cc4F)no3)c1=O)CC(Cl)=N2. The van der Waals surface area contributed by atoms with Crippen LogP contribution in [-0.4, -0.2) is 24.4 Å². The van der Waals surface area contributed by atoms with Gasteiger partial charge in [0.15, 0.2) is 5.82 Å². The van der Waals surface area contributed by atoms with Crippen LogP contribution in [0.2, 0.25) is 0 Å². The van der Waals surface area contributed by atoms with Gasteiger partial charge in [0.1, 0.15) is 22.6 Å². The number of aromatic nitrogens is 4. The summed E-state index contributed by atoms with van der Waals surface area (Å²) in [4.78, 5) is 34.3. The Morgan fingerprint density at radius 3 is 2.70 bits per heavy atom. The van der Waals surface area contributed by atoms with Crippen LogP contribution in [0.25, 0.3) is 0 Å². The average molecular weight is 478 g/mol. The fraction of sp³-hybridized carbons (Fsp3) is 0.409. The highest BCUT2D eigenvalue weighted by Crippen LogP contribution is 2.24. The van der Waals surface area contributed by atoms with E-state index in [1.165, 1.54) is 21.3 Å². The fourth-order valence-corrected chi connectivity index (χ4v) is 3.94. The van der Waals surface area contributed by atoms with Crippen molar-refractivity contribution in [1.29, 1.82) is 0 Å². The zero-order valence-corrected chi connectivity index (χ0v) is 18.7. The smallest absolute Gasteiger partial charge is 0.332 e. The fourth-order valence-electron chi connectivity index (χ4n) is 3.73. The third kappa shape index (κ3) is 4.95. The summed E-state index contributed by atoms with van der Waals surface area (Å²) in [5.74, 6) is -0.414. The van der Waals surface area contributed by atoms with E-state index in [2.05, 4.69) is 15.1 Å². The van der Waals surface area contributed by atoms with E-state index in [9.17, 15) is 18.4 Å². The molecule has 8 nitrogen and oxygen atoms in total. The summed E-state index contributed by atoms with van der Waals surface area (Å²) in [5.41, 5.74) is -0.125. The topological polar surface area (TPSA) is 95.3 Å². The van der Waals surface area contributed by atoms with Gasteiger partial charge in [0.25, 0.3) is 5.56 Å². The highest BCUT2D eigenvalue weighted by Gasteiger charge is 2.24. The Morgan fingerprint density at radius 1 is 1.15 bits per heavy atom. The van der Waals surface area contributed by atoms with Gasteiger partial charge in [0, 0.05) is 38.4 Å². The molecule has 0 saturated carbocycles. The second-order valence-corrected chi connectivity index (χ2v) is 8.27. The van der Waals surface area contributed by atoms with Gasteiger partial charge in [0.05, 0.1) is 5.56 Å². The van der Waals surface area contributed by atoms with Crippen LogP contribution >= 0.6 is 11.6 Å². The van der Waals surface area contributed by atoms with Gasteiger partial charge in [0.2, 0.25) is 5.89 Å². The second kappa shape index (κ2) is 9.78. The third-order valence-corrected chi connectivity index (χ3v) is 5.64. The number of rotatable bonds is 9. The van der Waals surface area contributed by atoms with Gasteiger partial charge < -0.3 is 4.52 Å². The molecule has 11 heteroatoms. The van der Waals surface area contributed by atoms with E-state index in [0.717, 1.165) is 18.9 Å². The van der Waals surface area contributed by atoms with Gasteiger partial charge in [-0.1, -0.05) is 36.2 Å². The van der Waals surface area contributed by atoms with Crippen LogP contribution in [0.4, 0.5) is 14.6 Å². The number of unbranched alkanes of at least 4 members (excludes halogenated alkanes) is 1. The largest absolute Gasteiger partial charge is 0.339 e. The Morgan fingerprint density at radius 2 is 1.94 bits per heavy atom. The van der Waals surface area contributed by atoms with E-state index in [1.54, 1.807) is 0 Å². The number of benzene rings is 1. The van der Waals surface area contributed by atoms with Gasteiger partial charge in [-0.15, -0.1) is 0 Å². The van der Waals surface area contributed by atoms with Crippen LogP contribution < -0.4 is 11.2 Å². The number of nitrogens with zero attached hydrogens (tertiary/aromatic N) is 5. The molecular formula is C22H22ClF2N5O3. The van der Waals surface area contributed by atoms with E-state index in [0.29, 0.717) is 41.8 Å². The molecule has 0 bridgehead atoms. The molecule has 0 N–H and O–H groups in total. The molecule has 0 amide bonds. The Bertz CT molecular complexity index is 1330. The first kappa shape index (κ1) is 23.0. The summed E-state index contributed by atoms with van der Waals surface area (Å²) in [6.07, 6.45) is 2.67. The van der Waals surface area contributed by atoms with Crippen LogP contribution in [0, 0.1) is 11.6 Å². The summed E-state index contributed by atoms with van der Waals surface area (Å²) >= 11 is 6.04. The van der Waals surface area contributed by atoms with Crippen molar-refractivity contribution in [3.63, 3.8) is 0 Å². The van der Waals surface area contributed by atoms with Crippen LogP contribution in [-0.2, 0) is 32.4 Å². The summed E-state index contributed by atoms with van der Waals surface area (Å²) in [6.45, 7) is 2.64. The summed E-state index contributed by atoms with van der Waals surface area (Å²) in [7, 11) is 0. The zero-order valence-electron chi connectivity index (χ0n) is 18.0. The zero-order chi connectivity index (χ0) is 23.5. The van der Waals surface area contributed by atoms with Crippen molar-refractivity contribution < 1.29 is 13.3 Å². The minimum absolute atomic E-state index is 0.0583. The Balaban J connectivity index is 1.46. The van der Waals surface area contributed by atoms with Crippen LogP contribution in [0.3, 0.4) is 0 Å². The van der Waals surface area contributed by atoms with Crippen molar-refractivity contribution in [2.75, 3.05) is 0 Å². The molecule has 0 saturated heterocycles. The molecule has 4 rings (SSSR count). The molecule has 0 spiro atoms. The third-order valence-electron chi connectivity index (χ3n) is 5.42. The molecular weight excluding hydrogens is 456 g/mol. The molecule has 2 aromatic heterocycles. The monoisotopic (exact) mass is 477 g/mol. The Labute approximate surface area is 192 Å². The molecule has 3 heterocycles. The lowest BCUT2D eigenvalue weighted by Crippen LogP contribution is -2.41. The van der Waals surface area contributed by atoms with Crippen molar-refractivity contribution in [3.05, 3.63) is 73.5 Å². The lowest BCUT2D eigenvalue weighted by atomic mass is 10.1. The number of fused-ring (bicyclic) bond motifs is 1. The van der Waals surface area contributed by atoms with Gasteiger partial charge in [-0.3, -0.25) is 13.9 Å². The average Bonchev–Trinajstić information content (AvgIpc) is 3.39. The van der Waals surface area contributed by atoms with E-state index >= 15 is 0 Å². The normalized spacial score (nSPS) is 12.8. The standard InChI is InChI=1S/C22H22ClF2N5O3/c1-2-3-8-29-20-15(12-17(23)26-20)21(31)30(22(29)32)9-4-5-19-27-18(28-33-19)10-13-6-7-14(24)11-16(13)25/h6-7,11H,2-5,8-10,12H2,1H3. The number of halogens is 3. The van der Waals surface area contributed by atoms with Gasteiger partial charge in [-0.2, -0.15) is 4.98 Å². The minimum atomic E-state index is -0.680. The molecule has 0 radical (unpaired) electrons. The molecule has 0 atom stereocenters. The summed E-state index contributed by atoms with van der Waals surface area (Å²) in [5, 5.41) is 4.12. The maximum absolute atomic E-state index is 13.8. The molecule has 1 aliphatic heterocycles. The quantitative estimate of drug-likeness (QED) is 0.470. The van der Waals surface area contributed by atoms with E-state index < -0.39 is 17.3 Å². The van der Waals surface area contributed by atoms with Crippen LogP contribution in [0.5, 0.6) is 0 Å². The number of aliphatic imine (C=N–C) groups is 1. The van der Waals surface area contributed by atoms with Crippen molar-refractivity contribution in [3.8, 4) is 0 Å². The predicted octanol–water partition coefficient (Wildman–Crippen LogP) is 3.52. The molecule has 1 aromatic carbocycles. The van der Waals surface area contributed by atoms with Gasteiger partial charge in [-0.25, -0.2) is 18.6 Å². The number of hydrogen-bond donors (Lipinski definition) is 0. The van der Waals surface area contributed by atoms with E-state index in [-0.39, 0.29) is 36.3 Å². The van der Waals surface area contributed by atoms with E-state index in [1.807, 2.05) is 6.92 Å². The Kier molecular flexibility index (Phi) is 6.83. The predicted molar refractivity (Wildman–Crippen MR) is 118 cm³/mol. The number of hydrogen-bond acceptors (Lipinski definition) is 6. The molecule has 1 aliphatic rings. The molecule has 0 unspecified atom stereocenters. The number of aryl methyl sites for hydroxylation is 1. The van der Waals surface area contributed by atoms with Crippen molar-refractivity contribution in [2.24, 2.45) is 4.99 Å². The van der Waals surface area contributed by atoms with Crippen LogP contribution in [0.1, 0.15) is 49.0 Å². The highest BCUT2D eigenvalue weighted by atomic mass is 35.5. The molecule has 3 aromatic rings. The lowest BCUT2D eigenvalue weighted by molar-refractivity contribution is 0.366. The minimum Gasteiger partial charge on any atom is -0.339 e. The molecule has 33 heavy (non-hydrogen) atoms. The maximum Gasteiger partial charge on any atom is 0.332 e. The first-order chi connectivity index (χ1) is 15.9. The maximum atomic E-state index is 13.8. The van der Waals surface area contributed by atoms with Crippen molar-refractivity contribution in [1.82, 2.24) is 19.3 Å². The van der Waals surface area contributed by atoms with Crippen molar-refractivity contribution >= 4 is 22.6 Å². The first-order valence-corrected chi connectivity index (χ1v) is 11.1. The van der Waals surface area contributed by atoms with Gasteiger partial charge in [-0.05, 0) is 24.5 Å². The summed E-state index contributed by atoms with van der Waals surface area (Å²) < 4.78 is 34.8. The van der Waals surface area contributed by atoms with Crippen LogP contribution in [0.15, 0.2) is 37.3 Å². The molecule has 0 fully saturated rings. The first-order valence-electron chi connectivity index (χ1n) is 10.7. The lowest BCUT2D eigenvalue weighted by Gasteiger charge is -2.13.